The minimum Gasteiger partial charge on any atom is -0.493 e. The van der Waals surface area contributed by atoms with Gasteiger partial charge in [-0.15, -0.1) is 0 Å². The molecule has 1 N–H and O–H groups in total. The van der Waals surface area contributed by atoms with Crippen LogP contribution >= 0.6 is 0 Å². The van der Waals surface area contributed by atoms with Crippen molar-refractivity contribution in [1.29, 1.82) is 0 Å². The van der Waals surface area contributed by atoms with Crippen molar-refractivity contribution in [3.05, 3.63) is 89.7 Å². The molecule has 3 aromatic carbocycles. The van der Waals surface area contributed by atoms with Gasteiger partial charge >= 0.3 is 0 Å². The van der Waals surface area contributed by atoms with Crippen LogP contribution in [0.1, 0.15) is 28.4 Å². The number of ether oxygens (including phenoxy) is 2. The Morgan fingerprint density at radius 1 is 0.929 bits per heavy atom. The minimum absolute atomic E-state index is 0.00926. The Hall–Kier alpha value is -3.34. The SMILES string of the molecule is COc1ccc(C(CC(=O)c2ccccc2)Nc2ccc(F)cc2)cc1OC. The molecule has 4 nitrogen and oxygen atoms in total. The monoisotopic (exact) mass is 379 g/mol. The summed E-state index contributed by atoms with van der Waals surface area (Å²) >= 11 is 0. The van der Waals surface area contributed by atoms with Gasteiger partial charge in [-0.3, -0.25) is 4.79 Å². The molecule has 0 aromatic heterocycles. The lowest BCUT2D eigenvalue weighted by molar-refractivity contribution is 0.0976. The third-order valence-electron chi connectivity index (χ3n) is 4.48. The van der Waals surface area contributed by atoms with Crippen molar-refractivity contribution >= 4 is 11.5 Å². The fourth-order valence-corrected chi connectivity index (χ4v) is 3.00. The van der Waals surface area contributed by atoms with E-state index in [9.17, 15) is 9.18 Å². The summed E-state index contributed by atoms with van der Waals surface area (Å²) < 4.78 is 23.9. The Labute approximate surface area is 163 Å². The molecule has 1 atom stereocenters. The zero-order valence-electron chi connectivity index (χ0n) is 15.8. The van der Waals surface area contributed by atoms with Gasteiger partial charge in [0.05, 0.1) is 20.3 Å². The zero-order valence-corrected chi connectivity index (χ0v) is 15.8. The highest BCUT2D eigenvalue weighted by Gasteiger charge is 2.19. The lowest BCUT2D eigenvalue weighted by Gasteiger charge is -2.21. The molecule has 0 amide bonds. The molecule has 0 saturated carbocycles. The molecular formula is C23H22FNO3. The van der Waals surface area contributed by atoms with Gasteiger partial charge < -0.3 is 14.8 Å². The standard InChI is InChI=1S/C23H22FNO3/c1-27-22-13-8-17(14-23(22)28-2)20(25-19-11-9-18(24)10-12-19)15-21(26)16-6-4-3-5-7-16/h3-14,20,25H,15H2,1-2H3. The summed E-state index contributed by atoms with van der Waals surface area (Å²) in [5.74, 6) is 0.891. The van der Waals surface area contributed by atoms with Gasteiger partial charge in [0.1, 0.15) is 5.82 Å². The van der Waals surface area contributed by atoms with E-state index < -0.39 is 0 Å². The van der Waals surface area contributed by atoms with Gasteiger partial charge in [-0.2, -0.15) is 0 Å². The molecule has 0 heterocycles. The maximum absolute atomic E-state index is 13.2. The van der Waals surface area contributed by atoms with E-state index in [-0.39, 0.29) is 24.1 Å². The molecule has 5 heteroatoms. The summed E-state index contributed by atoms with van der Waals surface area (Å²) in [5, 5.41) is 3.33. The summed E-state index contributed by atoms with van der Waals surface area (Å²) in [4.78, 5) is 12.8. The average Bonchev–Trinajstić information content (AvgIpc) is 2.74. The highest BCUT2D eigenvalue weighted by molar-refractivity contribution is 5.96. The van der Waals surface area contributed by atoms with E-state index >= 15 is 0 Å². The molecule has 0 saturated heterocycles. The van der Waals surface area contributed by atoms with Crippen LogP contribution in [0.25, 0.3) is 0 Å². The fraction of sp³-hybridized carbons (Fsp3) is 0.174. The molecule has 0 aliphatic heterocycles. The first kappa shape index (κ1) is 19.4. The Bertz CT molecular complexity index is 926. The predicted octanol–water partition coefficient (Wildman–Crippen LogP) is 5.27. The first-order valence-electron chi connectivity index (χ1n) is 8.93. The van der Waals surface area contributed by atoms with Crippen LogP contribution in [0, 0.1) is 5.82 Å². The summed E-state index contributed by atoms with van der Waals surface area (Å²) in [6, 6.07) is 20.4. The van der Waals surface area contributed by atoms with Gasteiger partial charge in [0.15, 0.2) is 17.3 Å². The van der Waals surface area contributed by atoms with E-state index in [1.165, 1.54) is 12.1 Å². The molecule has 0 radical (unpaired) electrons. The first-order valence-corrected chi connectivity index (χ1v) is 8.93. The molecule has 3 aromatic rings. The summed E-state index contributed by atoms with van der Waals surface area (Å²) in [6.45, 7) is 0. The number of nitrogens with one attached hydrogen (secondary N) is 1. The molecule has 0 fully saturated rings. The van der Waals surface area contributed by atoms with Crippen LogP contribution in [0.2, 0.25) is 0 Å². The first-order chi connectivity index (χ1) is 13.6. The molecule has 0 bridgehead atoms. The normalized spacial score (nSPS) is 11.5. The van der Waals surface area contributed by atoms with Crippen molar-refractivity contribution in [3.8, 4) is 11.5 Å². The average molecular weight is 379 g/mol. The fourth-order valence-electron chi connectivity index (χ4n) is 3.00. The zero-order chi connectivity index (χ0) is 19.9. The lowest BCUT2D eigenvalue weighted by Crippen LogP contribution is -2.16. The number of methoxy groups -OCH3 is 2. The van der Waals surface area contributed by atoms with E-state index in [2.05, 4.69) is 5.32 Å². The van der Waals surface area contributed by atoms with Crippen LogP contribution in [0.3, 0.4) is 0 Å². The molecular weight excluding hydrogens is 357 g/mol. The maximum atomic E-state index is 13.2. The van der Waals surface area contributed by atoms with Crippen LogP contribution in [0.15, 0.2) is 72.8 Å². The quantitative estimate of drug-likeness (QED) is 0.542. The van der Waals surface area contributed by atoms with Crippen LogP contribution < -0.4 is 14.8 Å². The Balaban J connectivity index is 1.91. The van der Waals surface area contributed by atoms with Crippen molar-refractivity contribution in [1.82, 2.24) is 0 Å². The molecule has 0 spiro atoms. The lowest BCUT2D eigenvalue weighted by atomic mass is 9.97. The van der Waals surface area contributed by atoms with Crippen molar-refractivity contribution in [2.24, 2.45) is 0 Å². The van der Waals surface area contributed by atoms with E-state index in [0.717, 1.165) is 11.3 Å². The molecule has 144 valence electrons. The molecule has 3 rings (SSSR count). The number of carbonyl (C=O) groups is 1. The van der Waals surface area contributed by atoms with Gasteiger partial charge in [-0.05, 0) is 42.0 Å². The van der Waals surface area contributed by atoms with Gasteiger partial charge in [-0.1, -0.05) is 36.4 Å². The highest BCUT2D eigenvalue weighted by Crippen LogP contribution is 2.33. The second-order valence-electron chi connectivity index (χ2n) is 6.31. The van der Waals surface area contributed by atoms with Crippen molar-refractivity contribution in [3.63, 3.8) is 0 Å². The predicted molar refractivity (Wildman–Crippen MR) is 108 cm³/mol. The van der Waals surface area contributed by atoms with E-state index in [1.54, 1.807) is 44.6 Å². The second kappa shape index (κ2) is 9.04. The topological polar surface area (TPSA) is 47.6 Å². The third-order valence-corrected chi connectivity index (χ3v) is 4.48. The van der Waals surface area contributed by atoms with Crippen LogP contribution in [0.5, 0.6) is 11.5 Å². The van der Waals surface area contributed by atoms with E-state index in [1.807, 2.05) is 30.3 Å². The summed E-state index contributed by atoms with van der Waals surface area (Å²) in [6.07, 6.45) is 0.233. The van der Waals surface area contributed by atoms with Crippen LogP contribution in [-0.2, 0) is 0 Å². The Morgan fingerprint density at radius 3 is 2.25 bits per heavy atom. The van der Waals surface area contributed by atoms with Gasteiger partial charge in [0.2, 0.25) is 0 Å². The minimum atomic E-state index is -0.321. The number of hydrogen-bond donors (Lipinski definition) is 1. The number of hydrogen-bond acceptors (Lipinski definition) is 4. The summed E-state index contributed by atoms with van der Waals surface area (Å²) in [7, 11) is 3.14. The van der Waals surface area contributed by atoms with Crippen molar-refractivity contribution < 1.29 is 18.7 Å². The Kier molecular flexibility index (Phi) is 6.27. The van der Waals surface area contributed by atoms with Gasteiger partial charge in [-0.25, -0.2) is 4.39 Å². The van der Waals surface area contributed by atoms with E-state index in [0.29, 0.717) is 17.1 Å². The maximum Gasteiger partial charge on any atom is 0.165 e. The number of rotatable bonds is 8. The smallest absolute Gasteiger partial charge is 0.165 e. The number of carbonyl (C=O) groups excluding carboxylic acids is 1. The summed E-state index contributed by atoms with van der Waals surface area (Å²) in [5.41, 5.74) is 2.24. The van der Waals surface area contributed by atoms with Crippen molar-refractivity contribution in [2.75, 3.05) is 19.5 Å². The third kappa shape index (κ3) is 4.68. The van der Waals surface area contributed by atoms with Gasteiger partial charge in [0, 0.05) is 17.7 Å². The molecule has 28 heavy (non-hydrogen) atoms. The number of Topliss-reactive ketones (excluding diaryl/α,β-unsaturated/α-hetero) is 1. The largest absolute Gasteiger partial charge is 0.493 e. The number of ketones is 1. The number of benzene rings is 3. The molecule has 1 unspecified atom stereocenters. The second-order valence-corrected chi connectivity index (χ2v) is 6.31. The number of anilines is 1. The Morgan fingerprint density at radius 2 is 1.61 bits per heavy atom. The molecule has 0 aliphatic rings. The number of halogens is 1. The van der Waals surface area contributed by atoms with Gasteiger partial charge in [0.25, 0.3) is 0 Å². The highest BCUT2D eigenvalue weighted by atomic mass is 19.1. The van der Waals surface area contributed by atoms with Crippen LogP contribution in [-0.4, -0.2) is 20.0 Å². The molecule has 0 aliphatic carbocycles. The van der Waals surface area contributed by atoms with Crippen molar-refractivity contribution in [2.45, 2.75) is 12.5 Å². The van der Waals surface area contributed by atoms with Crippen LogP contribution in [0.4, 0.5) is 10.1 Å². The van der Waals surface area contributed by atoms with E-state index in [4.69, 9.17) is 9.47 Å².